The standard InChI is InChI=1S/C16H14Cl2S/c17-13-8-7-12(19-13)16(18)15-11-6-5-9-3-1-2-4-10(9)14(11)15/h1-4,7-8,11,14-16H,5-6H2. The van der Waals surface area contributed by atoms with E-state index in [1.54, 1.807) is 11.3 Å². The lowest BCUT2D eigenvalue weighted by atomic mass is 9.92. The monoisotopic (exact) mass is 308 g/mol. The first-order valence-corrected chi connectivity index (χ1v) is 8.36. The molecule has 4 atom stereocenters. The topological polar surface area (TPSA) is 0 Å². The van der Waals surface area contributed by atoms with Crippen molar-refractivity contribution >= 4 is 34.5 Å². The highest BCUT2D eigenvalue weighted by Crippen LogP contribution is 2.66. The maximum Gasteiger partial charge on any atom is 0.0931 e. The van der Waals surface area contributed by atoms with Crippen molar-refractivity contribution in [3.8, 4) is 0 Å². The third-order valence-electron chi connectivity index (χ3n) is 4.59. The molecule has 4 unspecified atom stereocenters. The second kappa shape index (κ2) is 4.51. The van der Waals surface area contributed by atoms with Crippen LogP contribution in [0.3, 0.4) is 0 Å². The molecule has 0 saturated heterocycles. The number of halogens is 2. The van der Waals surface area contributed by atoms with Gasteiger partial charge in [-0.25, -0.2) is 0 Å². The molecule has 2 aliphatic carbocycles. The highest BCUT2D eigenvalue weighted by atomic mass is 35.5. The van der Waals surface area contributed by atoms with E-state index >= 15 is 0 Å². The van der Waals surface area contributed by atoms with E-state index in [-0.39, 0.29) is 5.38 Å². The fourth-order valence-corrected chi connectivity index (χ4v) is 5.33. The van der Waals surface area contributed by atoms with Crippen LogP contribution in [0.15, 0.2) is 36.4 Å². The summed E-state index contributed by atoms with van der Waals surface area (Å²) in [7, 11) is 0. The zero-order valence-corrected chi connectivity index (χ0v) is 12.7. The Morgan fingerprint density at radius 1 is 1.16 bits per heavy atom. The minimum Gasteiger partial charge on any atom is -0.127 e. The molecule has 1 fully saturated rings. The Morgan fingerprint density at radius 3 is 2.79 bits per heavy atom. The first-order valence-electron chi connectivity index (χ1n) is 6.73. The number of hydrogen-bond donors (Lipinski definition) is 0. The Kier molecular flexibility index (Phi) is 2.91. The molecule has 0 bridgehead atoms. The number of benzene rings is 1. The quantitative estimate of drug-likeness (QED) is 0.628. The Balaban J connectivity index is 1.63. The van der Waals surface area contributed by atoms with Gasteiger partial charge in [0.15, 0.2) is 0 Å². The maximum absolute atomic E-state index is 6.71. The Bertz CT molecular complexity index is 619. The van der Waals surface area contributed by atoms with Gasteiger partial charge >= 0.3 is 0 Å². The van der Waals surface area contributed by atoms with E-state index < -0.39 is 0 Å². The van der Waals surface area contributed by atoms with Crippen LogP contribution in [-0.4, -0.2) is 0 Å². The van der Waals surface area contributed by atoms with Gasteiger partial charge in [0.1, 0.15) is 0 Å². The molecule has 1 aromatic heterocycles. The second-order valence-corrected chi connectivity index (χ2v) is 7.76. The van der Waals surface area contributed by atoms with Crippen molar-refractivity contribution in [3.05, 3.63) is 56.7 Å². The fourth-order valence-electron chi connectivity index (χ4n) is 3.68. The lowest BCUT2D eigenvalue weighted by Gasteiger charge is -2.13. The fraction of sp³-hybridized carbons (Fsp3) is 0.375. The van der Waals surface area contributed by atoms with Crippen molar-refractivity contribution in [2.24, 2.45) is 11.8 Å². The summed E-state index contributed by atoms with van der Waals surface area (Å²) in [4.78, 5) is 1.23. The molecular weight excluding hydrogens is 295 g/mol. The van der Waals surface area contributed by atoms with E-state index in [4.69, 9.17) is 23.2 Å². The van der Waals surface area contributed by atoms with Gasteiger partial charge in [0.2, 0.25) is 0 Å². The van der Waals surface area contributed by atoms with Gasteiger partial charge in [0, 0.05) is 4.88 Å². The van der Waals surface area contributed by atoms with Crippen LogP contribution in [0.25, 0.3) is 0 Å². The van der Waals surface area contributed by atoms with Crippen LogP contribution >= 0.6 is 34.5 Å². The summed E-state index contributed by atoms with van der Waals surface area (Å²) < 4.78 is 0.838. The molecule has 98 valence electrons. The van der Waals surface area contributed by atoms with Gasteiger partial charge < -0.3 is 0 Å². The summed E-state index contributed by atoms with van der Waals surface area (Å²) >= 11 is 14.4. The van der Waals surface area contributed by atoms with Crippen molar-refractivity contribution < 1.29 is 0 Å². The van der Waals surface area contributed by atoms with E-state index in [1.165, 1.54) is 28.8 Å². The normalized spacial score (nSPS) is 29.5. The summed E-state index contributed by atoms with van der Waals surface area (Å²) in [5.74, 6) is 2.05. The number of fused-ring (bicyclic) bond motifs is 3. The number of rotatable bonds is 2. The minimum atomic E-state index is 0.124. The summed E-state index contributed by atoms with van der Waals surface area (Å²) in [6.07, 6.45) is 2.50. The van der Waals surface area contributed by atoms with E-state index in [9.17, 15) is 0 Å². The van der Waals surface area contributed by atoms with Gasteiger partial charge in [-0.3, -0.25) is 0 Å². The molecule has 1 saturated carbocycles. The molecule has 3 heteroatoms. The largest absolute Gasteiger partial charge is 0.127 e. The van der Waals surface area contributed by atoms with E-state index in [1.807, 2.05) is 6.07 Å². The van der Waals surface area contributed by atoms with Gasteiger partial charge in [-0.2, -0.15) is 0 Å². The first-order chi connectivity index (χ1) is 9.25. The van der Waals surface area contributed by atoms with E-state index in [0.29, 0.717) is 11.8 Å². The van der Waals surface area contributed by atoms with Crippen molar-refractivity contribution in [2.75, 3.05) is 0 Å². The predicted molar refractivity (Wildman–Crippen MR) is 82.4 cm³/mol. The molecule has 0 N–H and O–H groups in total. The van der Waals surface area contributed by atoms with Gasteiger partial charge in [0.25, 0.3) is 0 Å². The number of aryl methyl sites for hydroxylation is 1. The molecule has 0 radical (unpaired) electrons. The molecular formula is C16H14Cl2S. The van der Waals surface area contributed by atoms with Crippen molar-refractivity contribution in [1.82, 2.24) is 0 Å². The Morgan fingerprint density at radius 2 is 2.00 bits per heavy atom. The smallest absolute Gasteiger partial charge is 0.0931 e. The summed E-state index contributed by atoms with van der Waals surface area (Å²) in [6.45, 7) is 0. The van der Waals surface area contributed by atoms with Crippen molar-refractivity contribution in [2.45, 2.75) is 24.1 Å². The molecule has 4 rings (SSSR count). The zero-order chi connectivity index (χ0) is 13.0. The van der Waals surface area contributed by atoms with Crippen LogP contribution in [-0.2, 0) is 6.42 Å². The van der Waals surface area contributed by atoms with Gasteiger partial charge in [-0.05, 0) is 53.9 Å². The number of thiophene rings is 1. The van der Waals surface area contributed by atoms with Crippen molar-refractivity contribution in [1.29, 1.82) is 0 Å². The summed E-state index contributed by atoms with van der Waals surface area (Å²) in [5, 5.41) is 0.124. The summed E-state index contributed by atoms with van der Waals surface area (Å²) in [6, 6.07) is 12.9. The van der Waals surface area contributed by atoms with Crippen LogP contribution in [0.1, 0.15) is 33.7 Å². The zero-order valence-electron chi connectivity index (χ0n) is 10.4. The highest BCUT2D eigenvalue weighted by molar-refractivity contribution is 7.16. The van der Waals surface area contributed by atoms with Gasteiger partial charge in [-0.15, -0.1) is 22.9 Å². The van der Waals surface area contributed by atoms with Crippen LogP contribution in [0.4, 0.5) is 0 Å². The Labute approximate surface area is 127 Å². The van der Waals surface area contributed by atoms with E-state index in [2.05, 4.69) is 30.3 Å². The summed E-state index contributed by atoms with van der Waals surface area (Å²) in [5.41, 5.74) is 3.07. The molecule has 1 aromatic carbocycles. The van der Waals surface area contributed by atoms with Crippen molar-refractivity contribution in [3.63, 3.8) is 0 Å². The van der Waals surface area contributed by atoms with Crippen LogP contribution < -0.4 is 0 Å². The van der Waals surface area contributed by atoms with Crippen LogP contribution in [0.2, 0.25) is 4.34 Å². The molecule has 0 aliphatic heterocycles. The minimum absolute atomic E-state index is 0.124. The average molecular weight is 309 g/mol. The van der Waals surface area contributed by atoms with Crippen LogP contribution in [0, 0.1) is 11.8 Å². The Hall–Kier alpha value is -0.500. The van der Waals surface area contributed by atoms with E-state index in [0.717, 1.165) is 10.3 Å². The average Bonchev–Trinajstić information content (AvgIpc) is 3.03. The predicted octanol–water partition coefficient (Wildman–Crippen LogP) is 5.66. The molecule has 2 aromatic rings. The van der Waals surface area contributed by atoms with Gasteiger partial charge in [0.05, 0.1) is 9.71 Å². The molecule has 2 aliphatic rings. The first kappa shape index (κ1) is 12.3. The maximum atomic E-state index is 6.71. The molecule has 19 heavy (non-hydrogen) atoms. The van der Waals surface area contributed by atoms with Crippen LogP contribution in [0.5, 0.6) is 0 Å². The molecule has 0 amide bonds. The molecule has 0 nitrogen and oxygen atoms in total. The second-order valence-electron chi connectivity index (χ2n) is 5.55. The van der Waals surface area contributed by atoms with Gasteiger partial charge in [-0.1, -0.05) is 35.9 Å². The third-order valence-corrected chi connectivity index (χ3v) is 6.56. The lowest BCUT2D eigenvalue weighted by molar-refractivity contribution is 0.624. The number of hydrogen-bond acceptors (Lipinski definition) is 1. The SMILES string of the molecule is Clc1ccc(C(Cl)C2C3CCc4ccccc4C32)s1. The number of alkyl halides is 1. The molecule has 0 spiro atoms. The third kappa shape index (κ3) is 1.94. The molecule has 1 heterocycles. The highest BCUT2D eigenvalue weighted by Gasteiger charge is 2.56. The lowest BCUT2D eigenvalue weighted by Crippen LogP contribution is -2.00.